The van der Waals surface area contributed by atoms with E-state index >= 15 is 0 Å². The molecule has 0 aliphatic carbocycles. The van der Waals surface area contributed by atoms with Gasteiger partial charge in [0.25, 0.3) is 0 Å². The van der Waals surface area contributed by atoms with E-state index < -0.39 is 7.12 Å². The van der Waals surface area contributed by atoms with Crippen molar-refractivity contribution in [3.63, 3.8) is 0 Å². The van der Waals surface area contributed by atoms with Crippen LogP contribution in [0.3, 0.4) is 0 Å². The zero-order valence-corrected chi connectivity index (χ0v) is 15.5. The fourth-order valence-electron chi connectivity index (χ4n) is 3.48. The molecule has 2 N–H and O–H groups in total. The molecule has 0 amide bonds. The summed E-state index contributed by atoms with van der Waals surface area (Å²) in [6, 6.07) is 31.0. The molecule has 3 aromatic carbocycles. The van der Waals surface area contributed by atoms with Crippen molar-refractivity contribution in [3.8, 4) is 0 Å². The minimum atomic E-state index is -1.31. The Balaban J connectivity index is 1.81. The SMILES string of the molecule is OB(O)CC(CN(Cc1ccccc1)Cc1ccccc1)c1ccccc1. The summed E-state index contributed by atoms with van der Waals surface area (Å²) < 4.78 is 0. The molecule has 0 heterocycles. The van der Waals surface area contributed by atoms with Crippen LogP contribution in [0, 0.1) is 0 Å². The van der Waals surface area contributed by atoms with Gasteiger partial charge >= 0.3 is 7.12 Å². The van der Waals surface area contributed by atoms with Crippen LogP contribution in [0.1, 0.15) is 22.6 Å². The molecule has 0 radical (unpaired) electrons. The highest BCUT2D eigenvalue weighted by molar-refractivity contribution is 6.41. The zero-order chi connectivity index (χ0) is 18.9. The standard InChI is InChI=1S/C23H26BNO2/c26-24(27)16-23(22-14-8-3-9-15-22)19-25(17-20-10-4-1-5-11-20)18-21-12-6-2-7-13-21/h1-15,23,26-27H,16-19H2. The fraction of sp³-hybridized carbons (Fsp3) is 0.217. The van der Waals surface area contributed by atoms with Gasteiger partial charge in [-0.25, -0.2) is 0 Å². The molecular formula is C23H26BNO2. The number of rotatable bonds is 9. The maximum Gasteiger partial charge on any atom is 0.452 e. The summed E-state index contributed by atoms with van der Waals surface area (Å²) >= 11 is 0. The number of benzene rings is 3. The van der Waals surface area contributed by atoms with Gasteiger partial charge < -0.3 is 10.0 Å². The molecule has 0 fully saturated rings. The first-order valence-corrected chi connectivity index (χ1v) is 9.42. The van der Waals surface area contributed by atoms with Crippen LogP contribution < -0.4 is 0 Å². The number of hydrogen-bond donors (Lipinski definition) is 2. The highest BCUT2D eigenvalue weighted by atomic mass is 16.4. The smallest absolute Gasteiger partial charge is 0.427 e. The Morgan fingerprint density at radius 3 is 1.56 bits per heavy atom. The third-order valence-corrected chi connectivity index (χ3v) is 4.74. The summed E-state index contributed by atoms with van der Waals surface area (Å²) in [6.07, 6.45) is 0.324. The Morgan fingerprint density at radius 2 is 1.11 bits per heavy atom. The van der Waals surface area contributed by atoms with Crippen LogP contribution in [0.15, 0.2) is 91.0 Å². The molecule has 3 aromatic rings. The van der Waals surface area contributed by atoms with Gasteiger partial charge in [0.05, 0.1) is 0 Å². The van der Waals surface area contributed by atoms with Gasteiger partial charge in [-0.15, -0.1) is 0 Å². The predicted octanol–water partition coefficient (Wildman–Crippen LogP) is 3.95. The molecule has 0 aromatic heterocycles. The molecule has 1 unspecified atom stereocenters. The first-order valence-electron chi connectivity index (χ1n) is 9.42. The molecular weight excluding hydrogens is 333 g/mol. The van der Waals surface area contributed by atoms with Crippen molar-refractivity contribution < 1.29 is 10.0 Å². The average molecular weight is 359 g/mol. The molecule has 3 nitrogen and oxygen atoms in total. The van der Waals surface area contributed by atoms with E-state index in [1.165, 1.54) is 11.1 Å². The summed E-state index contributed by atoms with van der Waals surface area (Å²) in [5.41, 5.74) is 3.64. The van der Waals surface area contributed by atoms with E-state index in [9.17, 15) is 10.0 Å². The largest absolute Gasteiger partial charge is 0.452 e. The molecule has 0 bridgehead atoms. The molecule has 0 aliphatic rings. The molecule has 1 atom stereocenters. The van der Waals surface area contributed by atoms with Crippen LogP contribution in [0.4, 0.5) is 0 Å². The molecule has 3 rings (SSSR count). The Morgan fingerprint density at radius 1 is 0.667 bits per heavy atom. The lowest BCUT2D eigenvalue weighted by Crippen LogP contribution is -2.30. The molecule has 0 spiro atoms. The van der Waals surface area contributed by atoms with E-state index in [2.05, 4.69) is 65.6 Å². The number of nitrogens with zero attached hydrogens (tertiary/aromatic N) is 1. The maximum absolute atomic E-state index is 9.61. The van der Waals surface area contributed by atoms with Crippen molar-refractivity contribution in [2.75, 3.05) is 6.54 Å². The van der Waals surface area contributed by atoms with E-state index in [1.807, 2.05) is 30.3 Å². The van der Waals surface area contributed by atoms with Gasteiger partial charge in [0.1, 0.15) is 0 Å². The van der Waals surface area contributed by atoms with Crippen molar-refractivity contribution in [1.82, 2.24) is 4.90 Å². The van der Waals surface area contributed by atoms with Gasteiger partial charge in [0, 0.05) is 19.6 Å². The first-order chi connectivity index (χ1) is 13.2. The monoisotopic (exact) mass is 359 g/mol. The molecule has 0 aliphatic heterocycles. The highest BCUT2D eigenvalue weighted by Crippen LogP contribution is 2.24. The quantitative estimate of drug-likeness (QED) is 0.569. The summed E-state index contributed by atoms with van der Waals surface area (Å²) in [4.78, 5) is 2.38. The van der Waals surface area contributed by atoms with Gasteiger partial charge in [-0.2, -0.15) is 0 Å². The maximum atomic E-state index is 9.61. The highest BCUT2D eigenvalue weighted by Gasteiger charge is 2.22. The summed E-state index contributed by atoms with van der Waals surface area (Å²) in [7, 11) is -1.31. The van der Waals surface area contributed by atoms with Gasteiger partial charge in [0.15, 0.2) is 0 Å². The second kappa shape index (κ2) is 10.1. The van der Waals surface area contributed by atoms with Crippen LogP contribution in [0.2, 0.25) is 6.32 Å². The molecule has 27 heavy (non-hydrogen) atoms. The zero-order valence-electron chi connectivity index (χ0n) is 15.5. The van der Waals surface area contributed by atoms with Crippen LogP contribution in [0.25, 0.3) is 0 Å². The van der Waals surface area contributed by atoms with Crippen LogP contribution in [-0.4, -0.2) is 28.6 Å². The van der Waals surface area contributed by atoms with Crippen LogP contribution in [0.5, 0.6) is 0 Å². The Bertz CT molecular complexity index is 740. The van der Waals surface area contributed by atoms with Crippen molar-refractivity contribution >= 4 is 7.12 Å². The predicted molar refractivity (Wildman–Crippen MR) is 111 cm³/mol. The Kier molecular flexibility index (Phi) is 7.23. The van der Waals surface area contributed by atoms with E-state index in [0.717, 1.165) is 25.2 Å². The van der Waals surface area contributed by atoms with Gasteiger partial charge in [-0.3, -0.25) is 4.90 Å². The average Bonchev–Trinajstić information content (AvgIpc) is 2.69. The van der Waals surface area contributed by atoms with Gasteiger partial charge in [-0.1, -0.05) is 91.0 Å². The third kappa shape index (κ3) is 6.37. The van der Waals surface area contributed by atoms with Crippen molar-refractivity contribution in [3.05, 3.63) is 108 Å². The van der Waals surface area contributed by atoms with Crippen LogP contribution >= 0.6 is 0 Å². The normalized spacial score (nSPS) is 12.1. The molecule has 0 saturated heterocycles. The summed E-state index contributed by atoms with van der Waals surface area (Å²) in [5.74, 6) is 0.0543. The molecule has 4 heteroatoms. The molecule has 138 valence electrons. The lowest BCUT2D eigenvalue weighted by Gasteiger charge is -2.28. The van der Waals surface area contributed by atoms with E-state index in [-0.39, 0.29) is 5.92 Å². The number of hydrogen-bond acceptors (Lipinski definition) is 3. The van der Waals surface area contributed by atoms with Crippen molar-refractivity contribution in [2.45, 2.75) is 25.3 Å². The van der Waals surface area contributed by atoms with Crippen molar-refractivity contribution in [1.29, 1.82) is 0 Å². The molecule has 0 saturated carbocycles. The Labute approximate surface area is 162 Å². The topological polar surface area (TPSA) is 43.7 Å². The van der Waals surface area contributed by atoms with E-state index in [1.54, 1.807) is 0 Å². The minimum absolute atomic E-state index is 0.0543. The van der Waals surface area contributed by atoms with E-state index in [4.69, 9.17) is 0 Å². The Hall–Kier alpha value is -2.40. The summed E-state index contributed by atoms with van der Waals surface area (Å²) in [5, 5.41) is 19.2. The second-order valence-electron chi connectivity index (χ2n) is 6.96. The second-order valence-corrected chi connectivity index (χ2v) is 6.96. The van der Waals surface area contributed by atoms with Gasteiger partial charge in [0.2, 0.25) is 0 Å². The lowest BCUT2D eigenvalue weighted by atomic mass is 9.75. The minimum Gasteiger partial charge on any atom is -0.427 e. The van der Waals surface area contributed by atoms with Crippen LogP contribution in [-0.2, 0) is 13.1 Å². The van der Waals surface area contributed by atoms with Crippen molar-refractivity contribution in [2.24, 2.45) is 0 Å². The van der Waals surface area contributed by atoms with E-state index in [0.29, 0.717) is 6.32 Å². The lowest BCUT2D eigenvalue weighted by molar-refractivity contribution is 0.240. The first kappa shape index (κ1) is 19.4. The summed E-state index contributed by atoms with van der Waals surface area (Å²) in [6.45, 7) is 2.40. The van der Waals surface area contributed by atoms with Gasteiger partial charge in [-0.05, 0) is 28.9 Å². The third-order valence-electron chi connectivity index (χ3n) is 4.74. The fourth-order valence-corrected chi connectivity index (χ4v) is 3.48.